The van der Waals surface area contributed by atoms with Crippen LogP contribution < -0.4 is 0 Å². The molecule has 0 heterocycles. The van der Waals surface area contributed by atoms with E-state index >= 15 is 0 Å². The van der Waals surface area contributed by atoms with Gasteiger partial charge in [-0.2, -0.15) is 0 Å². The van der Waals surface area contributed by atoms with Crippen LogP contribution in [0, 0.1) is 5.21 Å². The minimum absolute atomic E-state index is 0.349. The minimum atomic E-state index is -0.512. The second-order valence-electron chi connectivity index (χ2n) is 4.27. The Bertz CT molecular complexity index is 583. The molecule has 0 radical (unpaired) electrons. The van der Waals surface area contributed by atoms with E-state index in [1.165, 1.54) is 6.20 Å². The summed E-state index contributed by atoms with van der Waals surface area (Å²) in [6, 6.07) is 4.52. The number of halogens is 2. The predicted octanol–water partition coefficient (Wildman–Crippen LogP) is 4.56. The highest BCUT2D eigenvalue weighted by molar-refractivity contribution is 6.35. The molecule has 0 aliphatic rings. The maximum absolute atomic E-state index is 11.7. The number of azo groups is 1. The van der Waals surface area contributed by atoms with Gasteiger partial charge in [0.05, 0.1) is 5.71 Å². The number of allylic oxidation sites excluding steroid dienone is 1. The summed E-state index contributed by atoms with van der Waals surface area (Å²) in [7, 11) is 0. The van der Waals surface area contributed by atoms with Crippen LogP contribution in [0.3, 0.4) is 0 Å². The fraction of sp³-hybridized carbons (Fsp3) is 0.308. The summed E-state index contributed by atoms with van der Waals surface area (Å²) in [5.74, 6) is 0. The Kier molecular flexibility index (Phi) is 5.98. The minimum Gasteiger partial charge on any atom is -0.595 e. The number of hydrogen-bond acceptors (Lipinski definition) is 4. The van der Waals surface area contributed by atoms with Crippen LogP contribution in [0.1, 0.15) is 26.3 Å². The van der Waals surface area contributed by atoms with Gasteiger partial charge in [0.15, 0.2) is 6.04 Å². The van der Waals surface area contributed by atoms with Gasteiger partial charge in [0.2, 0.25) is 6.20 Å². The first-order valence-electron chi connectivity index (χ1n) is 5.84. The maximum Gasteiger partial charge on any atom is 0.212 e. The lowest BCUT2D eigenvalue weighted by molar-refractivity contribution is -0.459. The Labute approximate surface area is 127 Å². The molecule has 1 rings (SSSR count). The SMILES string of the molecule is CC(=C[N+]([O-])=NC(C)C(C)=NO)c1ccc(Cl)cc1Cl. The van der Waals surface area contributed by atoms with Gasteiger partial charge >= 0.3 is 0 Å². The summed E-state index contributed by atoms with van der Waals surface area (Å²) < 4.78 is 0. The number of benzene rings is 1. The summed E-state index contributed by atoms with van der Waals surface area (Å²) in [6.45, 7) is 4.97. The van der Waals surface area contributed by atoms with E-state index in [0.29, 0.717) is 31.8 Å². The number of rotatable bonds is 4. The third-order valence-corrected chi connectivity index (χ3v) is 3.26. The molecule has 1 aromatic carbocycles. The van der Waals surface area contributed by atoms with Gasteiger partial charge in [0.1, 0.15) is 0 Å². The average molecular weight is 316 g/mol. The molecule has 0 saturated heterocycles. The Hall–Kier alpha value is -1.59. The van der Waals surface area contributed by atoms with Crippen LogP contribution >= 0.6 is 23.2 Å². The molecule has 7 heteroatoms. The van der Waals surface area contributed by atoms with Crippen LogP contribution in [0.25, 0.3) is 5.57 Å². The summed E-state index contributed by atoms with van der Waals surface area (Å²) in [5.41, 5.74) is 1.70. The van der Waals surface area contributed by atoms with E-state index in [0.717, 1.165) is 0 Å². The standard InChI is InChI=1S/C13H15Cl2N3O2/c1-8(12-5-4-11(14)6-13(12)15)7-18(20)16-9(2)10(3)17-19/h4-7,9,19H,1-3H3. The van der Waals surface area contributed by atoms with Crippen LogP contribution in [0.15, 0.2) is 34.7 Å². The van der Waals surface area contributed by atoms with Crippen LogP contribution in [-0.4, -0.2) is 21.8 Å². The Balaban J connectivity index is 3.01. The molecule has 0 aliphatic carbocycles. The second-order valence-corrected chi connectivity index (χ2v) is 5.12. The topological polar surface area (TPSA) is 71.0 Å². The Morgan fingerprint density at radius 2 is 2.05 bits per heavy atom. The van der Waals surface area contributed by atoms with Crippen LogP contribution in [0.5, 0.6) is 0 Å². The number of oxime groups is 1. The molecule has 1 N–H and O–H groups in total. The van der Waals surface area contributed by atoms with Crippen molar-refractivity contribution in [1.82, 2.24) is 0 Å². The zero-order chi connectivity index (χ0) is 15.3. The molecule has 0 fully saturated rings. The van der Waals surface area contributed by atoms with E-state index in [1.807, 2.05) is 0 Å². The zero-order valence-electron chi connectivity index (χ0n) is 11.3. The van der Waals surface area contributed by atoms with Gasteiger partial charge in [0, 0.05) is 21.2 Å². The van der Waals surface area contributed by atoms with Gasteiger partial charge in [-0.15, -0.1) is 0 Å². The van der Waals surface area contributed by atoms with E-state index < -0.39 is 6.04 Å². The molecule has 5 nitrogen and oxygen atoms in total. The summed E-state index contributed by atoms with van der Waals surface area (Å²) in [4.78, 5) is 0.430. The monoisotopic (exact) mass is 315 g/mol. The first-order valence-corrected chi connectivity index (χ1v) is 6.60. The van der Waals surface area contributed by atoms with Crippen molar-refractivity contribution in [3.05, 3.63) is 45.2 Å². The van der Waals surface area contributed by atoms with Gasteiger partial charge in [-0.25, -0.2) is 0 Å². The van der Waals surface area contributed by atoms with Crippen molar-refractivity contribution in [2.24, 2.45) is 10.3 Å². The van der Waals surface area contributed by atoms with Gasteiger partial charge in [-0.3, -0.25) is 0 Å². The highest BCUT2D eigenvalue weighted by Crippen LogP contribution is 2.26. The quantitative estimate of drug-likeness (QED) is 0.291. The maximum atomic E-state index is 11.7. The number of hydroxylamine groups is 1. The summed E-state index contributed by atoms with van der Waals surface area (Å²) in [5, 5.41) is 28.1. The molecule has 20 heavy (non-hydrogen) atoms. The van der Waals surface area contributed by atoms with Crippen molar-refractivity contribution in [2.45, 2.75) is 26.8 Å². The molecule has 0 spiro atoms. The highest BCUT2D eigenvalue weighted by atomic mass is 35.5. The Morgan fingerprint density at radius 3 is 2.60 bits per heavy atom. The van der Waals surface area contributed by atoms with E-state index in [9.17, 15) is 5.21 Å². The third kappa shape index (κ3) is 4.51. The fourth-order valence-corrected chi connectivity index (χ4v) is 1.97. The van der Waals surface area contributed by atoms with Crippen molar-refractivity contribution >= 4 is 34.5 Å². The zero-order valence-corrected chi connectivity index (χ0v) is 12.9. The predicted molar refractivity (Wildman–Crippen MR) is 80.5 cm³/mol. The largest absolute Gasteiger partial charge is 0.595 e. The second kappa shape index (κ2) is 7.26. The van der Waals surface area contributed by atoms with Crippen molar-refractivity contribution < 1.29 is 10.1 Å². The van der Waals surface area contributed by atoms with Crippen molar-refractivity contribution in [1.29, 1.82) is 0 Å². The van der Waals surface area contributed by atoms with E-state index in [-0.39, 0.29) is 0 Å². The third-order valence-electron chi connectivity index (χ3n) is 2.71. The molecular formula is C13H15Cl2N3O2. The van der Waals surface area contributed by atoms with Gasteiger partial charge < -0.3 is 10.4 Å². The smallest absolute Gasteiger partial charge is 0.212 e. The molecule has 108 valence electrons. The summed E-state index contributed by atoms with van der Waals surface area (Å²) >= 11 is 11.9. The van der Waals surface area contributed by atoms with Crippen molar-refractivity contribution in [3.8, 4) is 0 Å². The molecule has 0 amide bonds. The van der Waals surface area contributed by atoms with Gasteiger partial charge in [-0.05, 0) is 38.0 Å². The number of hydrogen-bond donors (Lipinski definition) is 1. The van der Waals surface area contributed by atoms with Crippen molar-refractivity contribution in [3.63, 3.8) is 0 Å². The molecule has 1 atom stereocenters. The van der Waals surface area contributed by atoms with E-state index in [2.05, 4.69) is 10.3 Å². The molecule has 1 unspecified atom stereocenters. The normalized spacial score (nSPS) is 15.3. The van der Waals surface area contributed by atoms with Crippen LogP contribution in [0.2, 0.25) is 10.0 Å². The average Bonchev–Trinajstić information content (AvgIpc) is 2.37. The molecule has 0 bridgehead atoms. The lowest BCUT2D eigenvalue weighted by Gasteiger charge is -2.05. The summed E-state index contributed by atoms with van der Waals surface area (Å²) in [6.07, 6.45) is 1.30. The fourth-order valence-electron chi connectivity index (χ4n) is 1.42. The van der Waals surface area contributed by atoms with Crippen LogP contribution in [-0.2, 0) is 0 Å². The van der Waals surface area contributed by atoms with Crippen LogP contribution in [0.4, 0.5) is 0 Å². The van der Waals surface area contributed by atoms with E-state index in [4.69, 9.17) is 28.4 Å². The highest BCUT2D eigenvalue weighted by Gasteiger charge is 2.10. The molecule has 0 saturated carbocycles. The molecule has 1 aromatic rings. The lowest BCUT2D eigenvalue weighted by Crippen LogP contribution is -2.13. The van der Waals surface area contributed by atoms with E-state index in [1.54, 1.807) is 39.0 Å². The molecule has 0 aromatic heterocycles. The molecular weight excluding hydrogens is 301 g/mol. The number of nitrogens with zero attached hydrogens (tertiary/aromatic N) is 3. The first-order chi connectivity index (χ1) is 9.35. The Morgan fingerprint density at radius 1 is 1.40 bits per heavy atom. The van der Waals surface area contributed by atoms with Crippen molar-refractivity contribution in [2.75, 3.05) is 0 Å². The first kappa shape index (κ1) is 16.5. The van der Waals surface area contributed by atoms with Gasteiger partial charge in [-0.1, -0.05) is 39.3 Å². The van der Waals surface area contributed by atoms with Gasteiger partial charge in [0.25, 0.3) is 0 Å². The lowest BCUT2D eigenvalue weighted by atomic mass is 10.1. The molecule has 0 aliphatic heterocycles.